The molecule has 1 aromatic heterocycles. The quantitative estimate of drug-likeness (QED) is 0.600. The van der Waals surface area contributed by atoms with Crippen molar-refractivity contribution in [3.05, 3.63) is 54.4 Å². The number of carbonyl (C=O) groups is 2. The first-order valence-corrected chi connectivity index (χ1v) is 12.0. The first-order chi connectivity index (χ1) is 16.6. The Hall–Kier alpha value is -3.68. The lowest BCUT2D eigenvalue weighted by Gasteiger charge is -2.17. The fourth-order valence-corrected chi connectivity index (χ4v) is 4.70. The maximum atomic E-state index is 13.0. The summed E-state index contributed by atoms with van der Waals surface area (Å²) in [6.45, 7) is 3.79. The second-order valence-corrected chi connectivity index (χ2v) is 8.80. The molecule has 3 aromatic rings. The third-order valence-corrected chi connectivity index (χ3v) is 6.45. The Labute approximate surface area is 198 Å². The summed E-state index contributed by atoms with van der Waals surface area (Å²) in [6.07, 6.45) is 4.60. The molecule has 2 aliphatic heterocycles. The summed E-state index contributed by atoms with van der Waals surface area (Å²) in [6, 6.07) is 15.1. The van der Waals surface area contributed by atoms with E-state index in [4.69, 9.17) is 4.74 Å². The molecule has 0 aliphatic carbocycles. The van der Waals surface area contributed by atoms with Gasteiger partial charge in [0.05, 0.1) is 12.5 Å². The minimum absolute atomic E-state index is 0.0517. The second-order valence-electron chi connectivity index (χ2n) is 8.80. The molecule has 2 amide bonds. The van der Waals surface area contributed by atoms with Gasteiger partial charge in [0.1, 0.15) is 11.6 Å². The summed E-state index contributed by atoms with van der Waals surface area (Å²) in [5.41, 5.74) is 2.40. The maximum absolute atomic E-state index is 13.0. The summed E-state index contributed by atoms with van der Waals surface area (Å²) < 4.78 is 7.66. The van der Waals surface area contributed by atoms with E-state index in [-0.39, 0.29) is 18.2 Å². The van der Waals surface area contributed by atoms with Gasteiger partial charge in [0.2, 0.25) is 11.8 Å². The zero-order valence-electron chi connectivity index (χ0n) is 19.4. The summed E-state index contributed by atoms with van der Waals surface area (Å²) in [5, 5.41) is 11.8. The number of aromatic nitrogens is 3. The van der Waals surface area contributed by atoms with Gasteiger partial charge in [0.25, 0.3) is 0 Å². The zero-order valence-corrected chi connectivity index (χ0v) is 19.4. The van der Waals surface area contributed by atoms with Gasteiger partial charge < -0.3 is 19.5 Å². The Morgan fingerprint density at radius 2 is 1.97 bits per heavy atom. The lowest BCUT2D eigenvalue weighted by Crippen LogP contribution is -2.28. The summed E-state index contributed by atoms with van der Waals surface area (Å²) in [4.78, 5) is 27.3. The number of nitrogens with one attached hydrogen (secondary N) is 1. The first-order valence-electron chi connectivity index (χ1n) is 12.0. The lowest BCUT2D eigenvalue weighted by atomic mass is 10.1. The fourth-order valence-electron chi connectivity index (χ4n) is 4.70. The molecule has 3 heterocycles. The van der Waals surface area contributed by atoms with Crippen LogP contribution in [0.15, 0.2) is 48.5 Å². The van der Waals surface area contributed by atoms with Crippen molar-refractivity contribution in [2.45, 2.75) is 45.6 Å². The molecule has 0 saturated carbocycles. The summed E-state index contributed by atoms with van der Waals surface area (Å²) >= 11 is 0. The van der Waals surface area contributed by atoms with Crippen LogP contribution in [0, 0.1) is 5.92 Å². The molecular formula is C26H29N5O3. The molecule has 8 heteroatoms. The van der Waals surface area contributed by atoms with E-state index in [2.05, 4.69) is 20.1 Å². The molecular weight excluding hydrogens is 430 g/mol. The molecule has 0 radical (unpaired) electrons. The largest absolute Gasteiger partial charge is 0.494 e. The third-order valence-electron chi connectivity index (χ3n) is 6.45. The number of benzene rings is 2. The van der Waals surface area contributed by atoms with Gasteiger partial charge >= 0.3 is 0 Å². The van der Waals surface area contributed by atoms with Crippen molar-refractivity contribution in [2.75, 3.05) is 23.4 Å². The van der Waals surface area contributed by atoms with Crippen LogP contribution in [-0.2, 0) is 22.6 Å². The monoisotopic (exact) mass is 459 g/mol. The average Bonchev–Trinajstić information content (AvgIpc) is 3.36. The van der Waals surface area contributed by atoms with Crippen LogP contribution in [0.2, 0.25) is 0 Å². The van der Waals surface area contributed by atoms with Crippen molar-refractivity contribution in [3.8, 4) is 17.1 Å². The van der Waals surface area contributed by atoms with Crippen molar-refractivity contribution < 1.29 is 14.3 Å². The summed E-state index contributed by atoms with van der Waals surface area (Å²) in [5.74, 6) is 2.01. The molecule has 0 spiro atoms. The van der Waals surface area contributed by atoms with Crippen LogP contribution in [-0.4, -0.2) is 39.7 Å². The van der Waals surface area contributed by atoms with Gasteiger partial charge in [-0.1, -0.05) is 18.6 Å². The molecule has 0 unspecified atom stereocenters. The van der Waals surface area contributed by atoms with Gasteiger partial charge in [0.15, 0.2) is 5.82 Å². The molecule has 5 rings (SSSR count). The van der Waals surface area contributed by atoms with E-state index in [0.717, 1.165) is 54.5 Å². The molecule has 0 bridgehead atoms. The molecule has 8 nitrogen and oxygen atoms in total. The number of hydrogen-bond donors (Lipinski definition) is 1. The van der Waals surface area contributed by atoms with Gasteiger partial charge in [-0.3, -0.25) is 9.59 Å². The maximum Gasteiger partial charge on any atom is 0.229 e. The van der Waals surface area contributed by atoms with Gasteiger partial charge in [-0.25, -0.2) is 0 Å². The Balaban J connectivity index is 1.27. The zero-order chi connectivity index (χ0) is 23.5. The van der Waals surface area contributed by atoms with Crippen LogP contribution < -0.4 is 15.0 Å². The molecule has 1 N–H and O–H groups in total. The molecule has 2 aliphatic rings. The van der Waals surface area contributed by atoms with E-state index < -0.39 is 5.92 Å². The van der Waals surface area contributed by atoms with E-state index in [1.807, 2.05) is 55.5 Å². The number of rotatable bonds is 6. The number of hydrogen-bond acceptors (Lipinski definition) is 5. The van der Waals surface area contributed by atoms with Crippen molar-refractivity contribution in [3.63, 3.8) is 0 Å². The van der Waals surface area contributed by atoms with Crippen LogP contribution in [0.5, 0.6) is 5.75 Å². The van der Waals surface area contributed by atoms with E-state index in [1.165, 1.54) is 6.42 Å². The predicted molar refractivity (Wildman–Crippen MR) is 130 cm³/mol. The topological polar surface area (TPSA) is 89.3 Å². The van der Waals surface area contributed by atoms with Crippen molar-refractivity contribution >= 4 is 23.2 Å². The van der Waals surface area contributed by atoms with Crippen LogP contribution in [0.1, 0.15) is 38.4 Å². The predicted octanol–water partition coefficient (Wildman–Crippen LogP) is 4.06. The third kappa shape index (κ3) is 4.53. The molecule has 1 saturated heterocycles. The smallest absolute Gasteiger partial charge is 0.229 e. The van der Waals surface area contributed by atoms with Crippen molar-refractivity contribution in [1.29, 1.82) is 0 Å². The van der Waals surface area contributed by atoms with Gasteiger partial charge in [-0.2, -0.15) is 0 Å². The van der Waals surface area contributed by atoms with Crippen molar-refractivity contribution in [2.24, 2.45) is 5.92 Å². The average molecular weight is 460 g/mol. The first kappa shape index (κ1) is 22.1. The SMILES string of the molecule is CCOc1ccc(N2C[C@@H](C(=O)Nc3cccc(-c4nnc5n4CCCCC5)c3)CC2=O)cc1. The highest BCUT2D eigenvalue weighted by atomic mass is 16.5. The molecule has 34 heavy (non-hydrogen) atoms. The second kappa shape index (κ2) is 9.67. The van der Waals surface area contributed by atoms with Crippen molar-refractivity contribution in [1.82, 2.24) is 14.8 Å². The Bertz CT molecular complexity index is 1190. The van der Waals surface area contributed by atoms with E-state index >= 15 is 0 Å². The normalized spacial score (nSPS) is 17.9. The molecule has 2 aromatic carbocycles. The number of carbonyl (C=O) groups excluding carboxylic acids is 2. The Morgan fingerprint density at radius 1 is 1.12 bits per heavy atom. The highest BCUT2D eigenvalue weighted by Crippen LogP contribution is 2.29. The van der Waals surface area contributed by atoms with Crippen LogP contribution in [0.3, 0.4) is 0 Å². The number of aryl methyl sites for hydroxylation is 1. The minimum atomic E-state index is -0.410. The Morgan fingerprint density at radius 3 is 2.79 bits per heavy atom. The highest BCUT2D eigenvalue weighted by Gasteiger charge is 2.35. The van der Waals surface area contributed by atoms with Crippen LogP contribution in [0.25, 0.3) is 11.4 Å². The van der Waals surface area contributed by atoms with E-state index in [0.29, 0.717) is 18.8 Å². The van der Waals surface area contributed by atoms with Gasteiger partial charge in [0, 0.05) is 42.9 Å². The standard InChI is InChI=1S/C26H29N5O3/c1-2-34-22-12-10-21(11-13-22)31-17-19(16-24(31)32)26(33)27-20-8-6-7-18(15-20)25-29-28-23-9-4-3-5-14-30(23)25/h6-8,10-13,15,19H,2-5,9,14,16-17H2,1H3,(H,27,33)/t19-/m0/s1. The number of fused-ring (bicyclic) bond motifs is 1. The number of ether oxygens (including phenoxy) is 1. The van der Waals surface area contributed by atoms with Crippen LogP contribution >= 0.6 is 0 Å². The number of anilines is 2. The van der Waals surface area contributed by atoms with E-state index in [9.17, 15) is 9.59 Å². The number of amides is 2. The minimum Gasteiger partial charge on any atom is -0.494 e. The van der Waals surface area contributed by atoms with E-state index in [1.54, 1.807) is 4.90 Å². The molecule has 176 valence electrons. The molecule has 1 atom stereocenters. The van der Waals surface area contributed by atoms with Crippen LogP contribution in [0.4, 0.5) is 11.4 Å². The summed E-state index contributed by atoms with van der Waals surface area (Å²) in [7, 11) is 0. The fraction of sp³-hybridized carbons (Fsp3) is 0.385. The molecule has 1 fully saturated rings. The number of nitrogens with zero attached hydrogens (tertiary/aromatic N) is 4. The Kier molecular flexibility index (Phi) is 6.29. The van der Waals surface area contributed by atoms with Gasteiger partial charge in [-0.05, 0) is 56.2 Å². The highest BCUT2D eigenvalue weighted by molar-refractivity contribution is 6.03. The van der Waals surface area contributed by atoms with Gasteiger partial charge in [-0.15, -0.1) is 10.2 Å². The lowest BCUT2D eigenvalue weighted by molar-refractivity contribution is -0.122.